The van der Waals surface area contributed by atoms with Crippen LogP contribution in [0.15, 0.2) is 23.3 Å². The topological polar surface area (TPSA) is 34.1 Å². The van der Waals surface area contributed by atoms with Crippen molar-refractivity contribution in [1.82, 2.24) is 0 Å². The van der Waals surface area contributed by atoms with E-state index in [4.69, 9.17) is 0 Å². The first-order chi connectivity index (χ1) is 11.0. The Balaban J connectivity index is 1.80. The van der Waals surface area contributed by atoms with Gasteiger partial charge >= 0.3 is 0 Å². The van der Waals surface area contributed by atoms with E-state index in [0.717, 1.165) is 44.9 Å². The van der Waals surface area contributed by atoms with Gasteiger partial charge in [0.25, 0.3) is 0 Å². The molecule has 2 nitrogen and oxygen atoms in total. The Morgan fingerprint density at radius 2 is 2.00 bits per heavy atom. The van der Waals surface area contributed by atoms with Crippen molar-refractivity contribution < 1.29 is 9.59 Å². The van der Waals surface area contributed by atoms with Crippen LogP contribution in [0.25, 0.3) is 0 Å². The molecule has 0 aromatic heterocycles. The molecule has 124 valence electrons. The lowest BCUT2D eigenvalue weighted by Gasteiger charge is -2.53. The molecule has 0 heterocycles. The van der Waals surface area contributed by atoms with Gasteiger partial charge in [-0.1, -0.05) is 37.5 Å². The van der Waals surface area contributed by atoms with Crippen molar-refractivity contribution in [2.75, 3.05) is 0 Å². The van der Waals surface area contributed by atoms with E-state index in [-0.39, 0.29) is 10.8 Å². The molecule has 0 N–H and O–H groups in total. The molecule has 0 amide bonds. The SMILES string of the molecule is CCC[C@]12CCC(=O)C=C1CC[C@@H]1C2=CC[C@]2(C)C(=O)CC[C@@H]12. The average molecular weight is 312 g/mol. The van der Waals surface area contributed by atoms with Gasteiger partial charge in [0, 0.05) is 23.7 Å². The predicted octanol–water partition coefficient (Wildman–Crippen LogP) is 4.79. The Hall–Kier alpha value is -1.18. The number of fused-ring (bicyclic) bond motifs is 5. The minimum Gasteiger partial charge on any atom is -0.299 e. The number of allylic oxidation sites excluding steroid dienone is 4. The molecule has 2 heteroatoms. The number of hydrogen-bond donors (Lipinski definition) is 0. The van der Waals surface area contributed by atoms with E-state index < -0.39 is 0 Å². The molecule has 0 unspecified atom stereocenters. The highest BCUT2D eigenvalue weighted by molar-refractivity contribution is 5.92. The van der Waals surface area contributed by atoms with Crippen molar-refractivity contribution in [3.8, 4) is 0 Å². The van der Waals surface area contributed by atoms with Crippen molar-refractivity contribution in [3.05, 3.63) is 23.3 Å². The Labute approximate surface area is 139 Å². The van der Waals surface area contributed by atoms with Crippen LogP contribution in [0.5, 0.6) is 0 Å². The summed E-state index contributed by atoms with van der Waals surface area (Å²) < 4.78 is 0. The molecule has 2 saturated carbocycles. The first kappa shape index (κ1) is 15.4. The van der Waals surface area contributed by atoms with Gasteiger partial charge in [-0.25, -0.2) is 0 Å². The molecule has 4 aliphatic carbocycles. The van der Waals surface area contributed by atoms with E-state index >= 15 is 0 Å². The van der Waals surface area contributed by atoms with Gasteiger partial charge in [0.1, 0.15) is 5.78 Å². The number of Topliss-reactive ketones (excluding diaryl/α,β-unsaturated/α-hetero) is 1. The smallest absolute Gasteiger partial charge is 0.155 e. The zero-order valence-electron chi connectivity index (χ0n) is 14.5. The molecule has 23 heavy (non-hydrogen) atoms. The lowest BCUT2D eigenvalue weighted by molar-refractivity contribution is -0.127. The zero-order valence-corrected chi connectivity index (χ0v) is 14.5. The van der Waals surface area contributed by atoms with Crippen molar-refractivity contribution in [2.24, 2.45) is 22.7 Å². The minimum absolute atomic E-state index is 0.104. The molecular formula is C21H28O2. The van der Waals surface area contributed by atoms with Crippen LogP contribution >= 0.6 is 0 Å². The van der Waals surface area contributed by atoms with Gasteiger partial charge in [-0.2, -0.15) is 0 Å². The Kier molecular flexibility index (Phi) is 3.44. The van der Waals surface area contributed by atoms with Crippen LogP contribution in [0.1, 0.15) is 71.6 Å². The summed E-state index contributed by atoms with van der Waals surface area (Å²) in [5.41, 5.74) is 3.07. The Bertz CT molecular complexity index is 626. The number of hydrogen-bond acceptors (Lipinski definition) is 2. The molecule has 2 fully saturated rings. The van der Waals surface area contributed by atoms with Gasteiger partial charge < -0.3 is 0 Å². The third-order valence-corrected chi connectivity index (χ3v) is 7.47. The lowest BCUT2D eigenvalue weighted by Crippen LogP contribution is -2.45. The van der Waals surface area contributed by atoms with E-state index in [0.29, 0.717) is 29.8 Å². The summed E-state index contributed by atoms with van der Waals surface area (Å²) in [5, 5.41) is 0. The van der Waals surface area contributed by atoms with Gasteiger partial charge in [0.15, 0.2) is 5.78 Å². The lowest BCUT2D eigenvalue weighted by atomic mass is 9.50. The number of carbonyl (C=O) groups is 2. The second-order valence-electron chi connectivity index (χ2n) is 8.46. The van der Waals surface area contributed by atoms with Gasteiger partial charge in [-0.15, -0.1) is 0 Å². The molecule has 0 aliphatic heterocycles. The van der Waals surface area contributed by atoms with Crippen LogP contribution in [0.3, 0.4) is 0 Å². The van der Waals surface area contributed by atoms with Crippen LogP contribution in [0.2, 0.25) is 0 Å². The quantitative estimate of drug-likeness (QED) is 0.687. The normalized spacial score (nSPS) is 42.5. The Morgan fingerprint density at radius 3 is 2.78 bits per heavy atom. The van der Waals surface area contributed by atoms with Crippen LogP contribution < -0.4 is 0 Å². The maximum absolute atomic E-state index is 12.5. The van der Waals surface area contributed by atoms with Crippen molar-refractivity contribution in [1.29, 1.82) is 0 Å². The molecule has 0 radical (unpaired) electrons. The predicted molar refractivity (Wildman–Crippen MR) is 90.9 cm³/mol. The highest BCUT2D eigenvalue weighted by Gasteiger charge is 2.56. The van der Waals surface area contributed by atoms with Crippen LogP contribution in [-0.2, 0) is 9.59 Å². The molecule has 0 aromatic carbocycles. The molecule has 0 spiro atoms. The Morgan fingerprint density at radius 1 is 1.17 bits per heavy atom. The summed E-state index contributed by atoms with van der Waals surface area (Å²) in [4.78, 5) is 24.4. The summed E-state index contributed by atoms with van der Waals surface area (Å²) in [7, 11) is 0. The highest BCUT2D eigenvalue weighted by Crippen LogP contribution is 2.63. The maximum atomic E-state index is 12.5. The first-order valence-corrected chi connectivity index (χ1v) is 9.49. The maximum Gasteiger partial charge on any atom is 0.155 e. The summed E-state index contributed by atoms with van der Waals surface area (Å²) in [5.74, 6) is 1.94. The zero-order chi connectivity index (χ0) is 16.2. The van der Waals surface area contributed by atoms with Crippen LogP contribution in [-0.4, -0.2) is 11.6 Å². The first-order valence-electron chi connectivity index (χ1n) is 9.49. The van der Waals surface area contributed by atoms with Crippen molar-refractivity contribution >= 4 is 11.6 Å². The van der Waals surface area contributed by atoms with Crippen molar-refractivity contribution in [2.45, 2.75) is 71.6 Å². The van der Waals surface area contributed by atoms with Crippen LogP contribution in [0, 0.1) is 22.7 Å². The van der Waals surface area contributed by atoms with E-state index in [1.807, 2.05) is 6.08 Å². The van der Waals surface area contributed by atoms with Crippen molar-refractivity contribution in [3.63, 3.8) is 0 Å². The third kappa shape index (κ3) is 1.99. The van der Waals surface area contributed by atoms with Gasteiger partial charge in [0.05, 0.1) is 0 Å². The van der Waals surface area contributed by atoms with Gasteiger partial charge in [0.2, 0.25) is 0 Å². The minimum atomic E-state index is -0.104. The summed E-state index contributed by atoms with van der Waals surface area (Å²) >= 11 is 0. The summed E-state index contributed by atoms with van der Waals surface area (Å²) in [6.45, 7) is 4.47. The fourth-order valence-electron chi connectivity index (χ4n) is 6.32. The summed E-state index contributed by atoms with van der Waals surface area (Å²) in [6.07, 6.45) is 13.4. The van der Waals surface area contributed by atoms with Gasteiger partial charge in [-0.05, 0) is 56.4 Å². The van der Waals surface area contributed by atoms with E-state index in [1.165, 1.54) is 12.0 Å². The monoisotopic (exact) mass is 312 g/mol. The molecule has 4 aliphatic rings. The number of ketones is 2. The molecular weight excluding hydrogens is 284 g/mol. The standard InChI is InChI=1S/C21H28O2/c1-3-10-21-12-8-15(22)13-14(21)4-5-16-17-6-7-19(23)20(17,2)11-9-18(16)21/h9,13,16-17H,3-8,10-12H2,1-2H3/t16-,17-,20-,21-/m0/s1. The fourth-order valence-corrected chi connectivity index (χ4v) is 6.32. The second kappa shape index (κ2) is 5.16. The fraction of sp³-hybridized carbons (Fsp3) is 0.714. The largest absolute Gasteiger partial charge is 0.299 e. The molecule has 0 bridgehead atoms. The molecule has 4 rings (SSSR count). The molecule has 0 aromatic rings. The number of carbonyl (C=O) groups excluding carboxylic acids is 2. The molecule has 4 atom stereocenters. The average Bonchev–Trinajstić information content (AvgIpc) is 2.84. The van der Waals surface area contributed by atoms with E-state index in [1.54, 1.807) is 5.57 Å². The molecule has 0 saturated heterocycles. The second-order valence-corrected chi connectivity index (χ2v) is 8.46. The third-order valence-electron chi connectivity index (χ3n) is 7.47. The highest BCUT2D eigenvalue weighted by atomic mass is 16.1. The van der Waals surface area contributed by atoms with Crippen LogP contribution in [0.4, 0.5) is 0 Å². The summed E-state index contributed by atoms with van der Waals surface area (Å²) in [6, 6.07) is 0. The van der Waals surface area contributed by atoms with Gasteiger partial charge in [-0.3, -0.25) is 9.59 Å². The van der Waals surface area contributed by atoms with E-state index in [9.17, 15) is 9.59 Å². The van der Waals surface area contributed by atoms with E-state index in [2.05, 4.69) is 19.9 Å². The number of rotatable bonds is 2.